The molecule has 0 N–H and O–H groups in total. The van der Waals surface area contributed by atoms with Crippen molar-refractivity contribution in [3.8, 4) is 5.40 Å². The predicted octanol–water partition coefficient (Wildman–Crippen LogP) is 1.07. The van der Waals surface area contributed by atoms with Crippen LogP contribution in [0.5, 0.6) is 0 Å². The fourth-order valence-corrected chi connectivity index (χ4v) is 0.941. The highest BCUT2D eigenvalue weighted by Crippen LogP contribution is 2.19. The van der Waals surface area contributed by atoms with E-state index in [-0.39, 0.29) is 0 Å². The monoisotopic (exact) mass is 161 g/mol. The summed E-state index contributed by atoms with van der Waals surface area (Å²) < 4.78 is 20.9. The van der Waals surface area contributed by atoms with Gasteiger partial charge in [0.2, 0.25) is 9.84 Å². The predicted molar refractivity (Wildman–Crippen MR) is 38.9 cm³/mol. The van der Waals surface area contributed by atoms with Crippen molar-refractivity contribution in [3.05, 3.63) is 0 Å². The smallest absolute Gasteiger partial charge is 0.213 e. The molecule has 0 saturated carbocycles. The SMILES string of the molecule is CCC(C)(C)S(=O)(=O)C#N. The van der Waals surface area contributed by atoms with E-state index >= 15 is 0 Å². The Labute approximate surface area is 61.6 Å². The fourth-order valence-electron chi connectivity index (χ4n) is 0.314. The number of hydrogen-bond acceptors (Lipinski definition) is 3. The third-order valence-corrected chi connectivity index (χ3v) is 3.68. The Morgan fingerprint density at radius 3 is 2.00 bits per heavy atom. The minimum Gasteiger partial charge on any atom is -0.213 e. The zero-order valence-electron chi connectivity index (χ0n) is 6.38. The summed E-state index contributed by atoms with van der Waals surface area (Å²) in [6.45, 7) is 4.84. The molecule has 0 unspecified atom stereocenters. The summed E-state index contributed by atoms with van der Waals surface area (Å²) in [5, 5.41) is 9.53. The van der Waals surface area contributed by atoms with Gasteiger partial charge in [-0.1, -0.05) is 6.92 Å². The van der Waals surface area contributed by atoms with Gasteiger partial charge in [-0.2, -0.15) is 5.26 Å². The molecule has 0 fully saturated rings. The van der Waals surface area contributed by atoms with E-state index in [1.165, 1.54) is 5.40 Å². The topological polar surface area (TPSA) is 57.9 Å². The quantitative estimate of drug-likeness (QED) is 0.449. The number of nitriles is 1. The zero-order valence-corrected chi connectivity index (χ0v) is 7.20. The van der Waals surface area contributed by atoms with Gasteiger partial charge in [0.25, 0.3) is 0 Å². The second kappa shape index (κ2) is 2.59. The van der Waals surface area contributed by atoms with Crippen molar-refractivity contribution in [1.82, 2.24) is 0 Å². The maximum absolute atomic E-state index is 10.9. The Bertz CT molecular complexity index is 245. The lowest BCUT2D eigenvalue weighted by molar-refractivity contribution is 0.549. The summed E-state index contributed by atoms with van der Waals surface area (Å²) in [6, 6.07) is 0. The average molecular weight is 161 g/mol. The first-order chi connectivity index (χ1) is 4.37. The largest absolute Gasteiger partial charge is 0.246 e. The van der Waals surface area contributed by atoms with Crippen LogP contribution in [0.4, 0.5) is 0 Å². The number of sulfone groups is 1. The van der Waals surface area contributed by atoms with Crippen LogP contribution in [0.3, 0.4) is 0 Å². The Balaban J connectivity index is 4.88. The maximum Gasteiger partial charge on any atom is 0.246 e. The minimum atomic E-state index is -3.54. The highest BCUT2D eigenvalue weighted by Gasteiger charge is 2.31. The summed E-state index contributed by atoms with van der Waals surface area (Å²) in [4.78, 5) is 0. The van der Waals surface area contributed by atoms with Gasteiger partial charge in [0.1, 0.15) is 0 Å². The van der Waals surface area contributed by atoms with Crippen molar-refractivity contribution >= 4 is 9.84 Å². The lowest BCUT2D eigenvalue weighted by Gasteiger charge is -2.16. The Hall–Kier alpha value is -0.560. The average Bonchev–Trinajstić information content (AvgIpc) is 1.88. The van der Waals surface area contributed by atoms with Crippen LogP contribution in [0.15, 0.2) is 0 Å². The molecule has 0 aromatic heterocycles. The molecule has 58 valence electrons. The van der Waals surface area contributed by atoms with Crippen LogP contribution in [0.2, 0.25) is 0 Å². The van der Waals surface area contributed by atoms with E-state index in [1.54, 1.807) is 20.8 Å². The Kier molecular flexibility index (Phi) is 2.44. The normalized spacial score (nSPS) is 12.6. The minimum absolute atomic E-state index is 0.461. The van der Waals surface area contributed by atoms with Crippen molar-refractivity contribution in [3.63, 3.8) is 0 Å². The Morgan fingerprint density at radius 1 is 1.50 bits per heavy atom. The van der Waals surface area contributed by atoms with E-state index in [9.17, 15) is 8.42 Å². The van der Waals surface area contributed by atoms with Crippen LogP contribution in [-0.2, 0) is 9.84 Å². The van der Waals surface area contributed by atoms with Gasteiger partial charge in [-0.15, -0.1) is 0 Å². The van der Waals surface area contributed by atoms with Crippen LogP contribution in [0, 0.1) is 10.7 Å². The lowest BCUT2D eigenvalue weighted by atomic mass is 10.1. The number of nitrogens with zero attached hydrogens (tertiary/aromatic N) is 1. The van der Waals surface area contributed by atoms with Crippen LogP contribution >= 0.6 is 0 Å². The van der Waals surface area contributed by atoms with Gasteiger partial charge in [-0.05, 0) is 20.3 Å². The second-order valence-electron chi connectivity index (χ2n) is 2.71. The van der Waals surface area contributed by atoms with Crippen molar-refractivity contribution in [2.24, 2.45) is 0 Å². The molecule has 0 heterocycles. The second-order valence-corrected chi connectivity index (χ2v) is 5.00. The molecule has 0 aliphatic heterocycles. The summed E-state index contributed by atoms with van der Waals surface area (Å²) >= 11 is 0. The molecule has 0 radical (unpaired) electrons. The summed E-state index contributed by atoms with van der Waals surface area (Å²) in [6.07, 6.45) is 0.461. The van der Waals surface area contributed by atoms with Gasteiger partial charge in [-0.25, -0.2) is 8.42 Å². The molecular weight excluding hydrogens is 150 g/mol. The van der Waals surface area contributed by atoms with E-state index in [0.717, 1.165) is 0 Å². The summed E-state index contributed by atoms with van der Waals surface area (Å²) in [5.74, 6) is 0. The number of rotatable bonds is 2. The standard InChI is InChI=1S/C6H11NO2S/c1-4-6(2,3)10(8,9)5-7/h4H2,1-3H3. The highest BCUT2D eigenvalue weighted by atomic mass is 32.2. The van der Waals surface area contributed by atoms with Crippen molar-refractivity contribution in [1.29, 1.82) is 5.26 Å². The van der Waals surface area contributed by atoms with Gasteiger partial charge in [0.05, 0.1) is 4.75 Å². The molecule has 4 heteroatoms. The molecule has 10 heavy (non-hydrogen) atoms. The molecule has 0 amide bonds. The van der Waals surface area contributed by atoms with Gasteiger partial charge >= 0.3 is 0 Å². The molecular formula is C6H11NO2S. The third kappa shape index (κ3) is 1.48. The van der Waals surface area contributed by atoms with Crippen LogP contribution < -0.4 is 0 Å². The zero-order chi connectivity index (χ0) is 8.41. The van der Waals surface area contributed by atoms with Gasteiger partial charge < -0.3 is 0 Å². The molecule has 0 atom stereocenters. The molecule has 0 saturated heterocycles. The Morgan fingerprint density at radius 2 is 1.90 bits per heavy atom. The van der Waals surface area contributed by atoms with E-state index in [4.69, 9.17) is 5.26 Å². The molecule has 0 bridgehead atoms. The highest BCUT2D eigenvalue weighted by molar-refractivity contribution is 7.97. The summed E-state index contributed by atoms with van der Waals surface area (Å²) in [7, 11) is -3.54. The van der Waals surface area contributed by atoms with Gasteiger partial charge in [-0.3, -0.25) is 0 Å². The molecule has 0 rings (SSSR count). The van der Waals surface area contributed by atoms with Crippen molar-refractivity contribution < 1.29 is 8.42 Å². The number of thiocyanates is 1. The first-order valence-electron chi connectivity index (χ1n) is 3.03. The number of hydrogen-bond donors (Lipinski definition) is 0. The lowest BCUT2D eigenvalue weighted by Crippen LogP contribution is -2.29. The fraction of sp³-hybridized carbons (Fsp3) is 0.833. The maximum atomic E-state index is 10.9. The molecule has 0 aliphatic rings. The summed E-state index contributed by atoms with van der Waals surface area (Å²) in [5.41, 5.74) is 0. The molecule has 0 aromatic carbocycles. The van der Waals surface area contributed by atoms with Gasteiger partial charge in [0.15, 0.2) is 5.40 Å². The van der Waals surface area contributed by atoms with E-state index in [1.807, 2.05) is 0 Å². The van der Waals surface area contributed by atoms with E-state index < -0.39 is 14.6 Å². The first kappa shape index (κ1) is 9.44. The molecule has 0 spiro atoms. The molecule has 3 nitrogen and oxygen atoms in total. The van der Waals surface area contributed by atoms with Crippen LogP contribution in [0.25, 0.3) is 0 Å². The van der Waals surface area contributed by atoms with Crippen LogP contribution in [-0.4, -0.2) is 13.2 Å². The molecule has 0 aliphatic carbocycles. The molecule has 0 aromatic rings. The van der Waals surface area contributed by atoms with Crippen molar-refractivity contribution in [2.75, 3.05) is 0 Å². The van der Waals surface area contributed by atoms with E-state index in [2.05, 4.69) is 0 Å². The first-order valence-corrected chi connectivity index (χ1v) is 4.51. The van der Waals surface area contributed by atoms with Crippen molar-refractivity contribution in [2.45, 2.75) is 31.9 Å². The third-order valence-electron chi connectivity index (χ3n) is 1.70. The van der Waals surface area contributed by atoms with Gasteiger partial charge in [0, 0.05) is 0 Å². The van der Waals surface area contributed by atoms with E-state index in [0.29, 0.717) is 6.42 Å². The van der Waals surface area contributed by atoms with Crippen LogP contribution in [0.1, 0.15) is 27.2 Å².